The highest BCUT2D eigenvalue weighted by atomic mass is 35.5. The first-order chi connectivity index (χ1) is 16.0. The number of fused-ring (bicyclic) bond motifs is 1. The highest BCUT2D eigenvalue weighted by Gasteiger charge is 2.20. The summed E-state index contributed by atoms with van der Waals surface area (Å²) >= 11 is 24.9. The third-order valence-corrected chi connectivity index (χ3v) is 6.92. The quantitative estimate of drug-likeness (QED) is 0.207. The van der Waals surface area contributed by atoms with Crippen LogP contribution in [0.1, 0.15) is 0 Å². The minimum absolute atomic E-state index is 0.408. The molecule has 0 radical (unpaired) electrons. The zero-order chi connectivity index (χ0) is 22.9. The van der Waals surface area contributed by atoms with E-state index in [1.165, 1.54) is 11.3 Å². The first-order valence-corrected chi connectivity index (χ1v) is 12.2. The highest BCUT2D eigenvalue weighted by Crippen LogP contribution is 2.37. The lowest BCUT2D eigenvalue weighted by Crippen LogP contribution is -2.21. The fourth-order valence-corrected chi connectivity index (χ4v) is 5.14. The van der Waals surface area contributed by atoms with Crippen LogP contribution in [0.2, 0.25) is 10.0 Å². The van der Waals surface area contributed by atoms with Gasteiger partial charge in [-0.3, -0.25) is 4.57 Å². The first-order valence-electron chi connectivity index (χ1n) is 9.78. The number of halogens is 2. The van der Waals surface area contributed by atoms with Gasteiger partial charge in [-0.25, -0.2) is 4.98 Å². The van der Waals surface area contributed by atoms with Gasteiger partial charge in [0.05, 0.1) is 11.0 Å². The molecule has 0 saturated carbocycles. The number of anilines is 2. The topological polar surface area (TPSA) is 57.7 Å². The van der Waals surface area contributed by atoms with Crippen molar-refractivity contribution >= 4 is 86.6 Å². The van der Waals surface area contributed by atoms with Crippen LogP contribution in [0.15, 0.2) is 72.8 Å². The summed E-state index contributed by atoms with van der Waals surface area (Å²) in [5.41, 5.74) is 3.49. The average Bonchev–Trinajstić information content (AvgIpc) is 3.37. The monoisotopic (exact) mass is 527 g/mol. The molecule has 33 heavy (non-hydrogen) atoms. The van der Waals surface area contributed by atoms with E-state index in [9.17, 15) is 0 Å². The normalized spacial score (nSPS) is 11.0. The molecule has 0 unspecified atom stereocenters. The Morgan fingerprint density at radius 3 is 2.27 bits per heavy atom. The van der Waals surface area contributed by atoms with E-state index >= 15 is 0 Å². The molecule has 0 saturated heterocycles. The number of hydrogen-bond donors (Lipinski definition) is 3. The number of thiocarbonyl (C=S) groups is 1. The average molecular weight is 529 g/mol. The number of thiazole rings is 1. The van der Waals surface area contributed by atoms with Crippen LogP contribution in [0.5, 0.6) is 0 Å². The van der Waals surface area contributed by atoms with Crippen LogP contribution in [0.3, 0.4) is 0 Å². The number of H-pyrrole nitrogens is 1. The summed E-state index contributed by atoms with van der Waals surface area (Å²) < 4.78 is 2.57. The predicted molar refractivity (Wildman–Crippen MR) is 146 cm³/mol. The maximum Gasteiger partial charge on any atom is 0.176 e. The van der Waals surface area contributed by atoms with E-state index in [1.807, 2.05) is 65.2 Å². The van der Waals surface area contributed by atoms with E-state index in [4.69, 9.17) is 52.6 Å². The van der Waals surface area contributed by atoms with Crippen molar-refractivity contribution in [2.24, 2.45) is 0 Å². The molecule has 0 amide bonds. The molecule has 0 atom stereocenters. The number of nitrogens with one attached hydrogen (secondary N) is 3. The number of benzene rings is 3. The van der Waals surface area contributed by atoms with E-state index in [0.717, 1.165) is 27.3 Å². The second kappa shape index (κ2) is 9.24. The van der Waals surface area contributed by atoms with E-state index < -0.39 is 0 Å². The van der Waals surface area contributed by atoms with E-state index in [0.29, 0.717) is 30.8 Å². The van der Waals surface area contributed by atoms with Gasteiger partial charge in [0.25, 0.3) is 0 Å². The summed E-state index contributed by atoms with van der Waals surface area (Å²) in [4.78, 5) is 8.98. The molecule has 0 spiro atoms. The molecular formula is C23H15Cl2N5S3. The summed E-state index contributed by atoms with van der Waals surface area (Å²) in [6, 6.07) is 22.7. The van der Waals surface area contributed by atoms with Gasteiger partial charge in [0.15, 0.2) is 14.9 Å². The minimum atomic E-state index is 0.408. The van der Waals surface area contributed by atoms with Gasteiger partial charge in [0, 0.05) is 21.4 Å². The maximum absolute atomic E-state index is 6.11. The Morgan fingerprint density at radius 2 is 1.58 bits per heavy atom. The summed E-state index contributed by atoms with van der Waals surface area (Å²) in [6.07, 6.45) is 0. The number of aromatic nitrogens is 3. The number of rotatable bonds is 4. The van der Waals surface area contributed by atoms with Crippen molar-refractivity contribution in [1.29, 1.82) is 0 Å². The molecule has 3 aromatic carbocycles. The van der Waals surface area contributed by atoms with Crippen molar-refractivity contribution in [2.45, 2.75) is 0 Å². The van der Waals surface area contributed by atoms with Crippen LogP contribution in [0, 0.1) is 3.95 Å². The fourth-order valence-electron chi connectivity index (χ4n) is 3.34. The minimum Gasteiger partial charge on any atom is -0.337 e. The number of aromatic amines is 1. The molecule has 164 valence electrons. The van der Waals surface area contributed by atoms with Crippen molar-refractivity contribution in [3.8, 4) is 16.4 Å². The van der Waals surface area contributed by atoms with Gasteiger partial charge < -0.3 is 15.6 Å². The van der Waals surface area contributed by atoms with Crippen LogP contribution in [-0.2, 0) is 0 Å². The number of nitrogens with zero attached hydrogens (tertiary/aromatic N) is 2. The van der Waals surface area contributed by atoms with Gasteiger partial charge in [0.2, 0.25) is 0 Å². The van der Waals surface area contributed by atoms with Crippen LogP contribution in [-0.4, -0.2) is 19.6 Å². The zero-order valence-corrected chi connectivity index (χ0v) is 20.8. The van der Waals surface area contributed by atoms with Crippen molar-refractivity contribution in [3.05, 3.63) is 86.8 Å². The lowest BCUT2D eigenvalue weighted by molar-refractivity contribution is 1.08. The Morgan fingerprint density at radius 1 is 0.909 bits per heavy atom. The maximum atomic E-state index is 6.11. The Bertz CT molecular complexity index is 1490. The second-order valence-corrected chi connectivity index (χ2v) is 9.97. The molecule has 5 nitrogen and oxygen atoms in total. The molecule has 2 aromatic heterocycles. The zero-order valence-electron chi connectivity index (χ0n) is 16.8. The Kier molecular flexibility index (Phi) is 6.18. The molecule has 10 heteroatoms. The number of para-hydroxylation sites is 2. The van der Waals surface area contributed by atoms with Gasteiger partial charge in [0.1, 0.15) is 10.7 Å². The molecule has 2 heterocycles. The largest absolute Gasteiger partial charge is 0.337 e. The van der Waals surface area contributed by atoms with Crippen LogP contribution < -0.4 is 10.6 Å². The summed E-state index contributed by atoms with van der Waals surface area (Å²) in [6.45, 7) is 0. The molecule has 0 aliphatic rings. The van der Waals surface area contributed by atoms with Gasteiger partial charge in [-0.1, -0.05) is 46.7 Å². The smallest absolute Gasteiger partial charge is 0.176 e. The van der Waals surface area contributed by atoms with Crippen LogP contribution >= 0.6 is 59.0 Å². The Hall–Kier alpha value is -2.75. The van der Waals surface area contributed by atoms with Gasteiger partial charge in [-0.2, -0.15) is 0 Å². The first kappa shape index (κ1) is 22.1. The molecule has 3 N–H and O–H groups in total. The lowest BCUT2D eigenvalue weighted by Gasteiger charge is -2.14. The number of hydrogen-bond acceptors (Lipinski definition) is 4. The molecule has 0 fully saturated rings. The van der Waals surface area contributed by atoms with Crippen LogP contribution in [0.4, 0.5) is 11.5 Å². The second-order valence-electron chi connectivity index (χ2n) is 7.05. The van der Waals surface area contributed by atoms with E-state index in [1.54, 1.807) is 12.1 Å². The van der Waals surface area contributed by atoms with Crippen LogP contribution in [0.25, 0.3) is 27.4 Å². The van der Waals surface area contributed by atoms with Crippen molar-refractivity contribution < 1.29 is 0 Å². The molecule has 0 aliphatic heterocycles. The number of imidazole rings is 1. The summed E-state index contributed by atoms with van der Waals surface area (Å²) in [7, 11) is 0. The molecule has 5 rings (SSSR count). The highest BCUT2D eigenvalue weighted by molar-refractivity contribution is 7.80. The lowest BCUT2D eigenvalue weighted by atomic mass is 10.3. The van der Waals surface area contributed by atoms with E-state index in [-0.39, 0.29) is 0 Å². The fraction of sp³-hybridized carbons (Fsp3) is 0. The Labute approximate surface area is 214 Å². The summed E-state index contributed by atoms with van der Waals surface area (Å²) in [5, 5.41) is 8.21. The van der Waals surface area contributed by atoms with Gasteiger partial charge in [-0.05, 0) is 85.1 Å². The van der Waals surface area contributed by atoms with Crippen molar-refractivity contribution in [1.82, 2.24) is 14.5 Å². The molecule has 5 aromatic rings. The predicted octanol–water partition coefficient (Wildman–Crippen LogP) is 7.93. The molecule has 0 aliphatic carbocycles. The van der Waals surface area contributed by atoms with Gasteiger partial charge >= 0.3 is 0 Å². The SMILES string of the molecule is S=C(Nc1ccc(Cl)cc1)Nc1c(-c2nc3ccccc3[nH]2)sc(=S)n1-c1ccc(Cl)cc1. The van der Waals surface area contributed by atoms with Crippen molar-refractivity contribution in [3.63, 3.8) is 0 Å². The summed E-state index contributed by atoms with van der Waals surface area (Å²) in [5.74, 6) is 1.41. The van der Waals surface area contributed by atoms with Crippen molar-refractivity contribution in [2.75, 3.05) is 10.6 Å². The van der Waals surface area contributed by atoms with Gasteiger partial charge in [-0.15, -0.1) is 0 Å². The standard InChI is InChI=1S/C23H15Cl2N5S3/c24-13-5-9-15(10-6-13)26-22(31)29-21-19(20-27-17-3-1-2-4-18(17)28-20)33-23(32)30(21)16-11-7-14(25)8-12-16/h1-12H,(H,27,28)(H2,26,29,31). The third-order valence-electron chi connectivity index (χ3n) is 4.83. The molecule has 0 bridgehead atoms. The van der Waals surface area contributed by atoms with E-state index in [2.05, 4.69) is 15.6 Å². The Balaban J connectivity index is 1.59. The molecular weight excluding hydrogens is 513 g/mol. The third kappa shape index (κ3) is 4.66.